The summed E-state index contributed by atoms with van der Waals surface area (Å²) < 4.78 is 26.3. The Bertz CT molecular complexity index is 759. The highest BCUT2D eigenvalue weighted by molar-refractivity contribution is 7.89. The Hall–Kier alpha value is -0.820. The average Bonchev–Trinajstić information content (AvgIpc) is 3.19. The Morgan fingerprint density at radius 3 is 2.46 bits per heavy atom. The van der Waals surface area contributed by atoms with Gasteiger partial charge in [0.2, 0.25) is 15.9 Å². The molecule has 0 bridgehead atoms. The minimum atomic E-state index is -3.55. The Morgan fingerprint density at radius 2 is 1.88 bits per heavy atom. The number of anilines is 1. The van der Waals surface area contributed by atoms with Crippen molar-refractivity contribution in [2.45, 2.75) is 41.8 Å². The molecule has 8 heteroatoms. The number of carbonyl (C=O) groups excluding carboxylic acids is 1. The fraction of sp³-hybridized carbons (Fsp3) is 0.562. The van der Waals surface area contributed by atoms with Crippen LogP contribution in [-0.4, -0.2) is 36.1 Å². The smallest absolute Gasteiger partial charge is 0.243 e. The number of carbonyl (C=O) groups is 1. The van der Waals surface area contributed by atoms with E-state index in [9.17, 15) is 13.2 Å². The third-order valence-corrected chi connectivity index (χ3v) is 7.41. The number of alkyl halides is 2. The quantitative estimate of drug-likeness (QED) is 0.801. The predicted molar refractivity (Wildman–Crippen MR) is 95.0 cm³/mol. The summed E-state index contributed by atoms with van der Waals surface area (Å²) in [6.07, 6.45) is 3.22. The Balaban J connectivity index is 1.82. The molecule has 1 aromatic carbocycles. The first-order valence-electron chi connectivity index (χ1n) is 8.01. The van der Waals surface area contributed by atoms with Gasteiger partial charge in [-0.2, -0.15) is 4.31 Å². The second-order valence-electron chi connectivity index (χ2n) is 6.45. The van der Waals surface area contributed by atoms with Crippen molar-refractivity contribution >= 4 is 44.8 Å². The molecule has 1 amide bonds. The molecule has 1 saturated carbocycles. The van der Waals surface area contributed by atoms with E-state index in [2.05, 4.69) is 5.32 Å². The van der Waals surface area contributed by atoms with Gasteiger partial charge in [-0.3, -0.25) is 4.79 Å². The van der Waals surface area contributed by atoms with Crippen molar-refractivity contribution in [2.24, 2.45) is 5.92 Å². The molecule has 1 heterocycles. The van der Waals surface area contributed by atoms with E-state index >= 15 is 0 Å². The molecule has 0 aromatic heterocycles. The van der Waals surface area contributed by atoms with Gasteiger partial charge >= 0.3 is 0 Å². The molecule has 2 fully saturated rings. The van der Waals surface area contributed by atoms with Crippen LogP contribution in [0.25, 0.3) is 0 Å². The summed E-state index contributed by atoms with van der Waals surface area (Å²) in [5.74, 6) is -0.741. The van der Waals surface area contributed by atoms with Crippen LogP contribution in [0.4, 0.5) is 5.69 Å². The van der Waals surface area contributed by atoms with Gasteiger partial charge in [0.15, 0.2) is 0 Å². The molecule has 24 heavy (non-hydrogen) atoms. The third-order valence-electron chi connectivity index (χ3n) is 4.53. The molecule has 5 nitrogen and oxygen atoms in total. The molecular formula is C16H20Cl2N2O3S. The Labute approximate surface area is 152 Å². The van der Waals surface area contributed by atoms with Crippen molar-refractivity contribution in [2.75, 3.05) is 18.4 Å². The Morgan fingerprint density at radius 1 is 1.25 bits per heavy atom. The van der Waals surface area contributed by atoms with Gasteiger partial charge in [0, 0.05) is 18.8 Å². The van der Waals surface area contributed by atoms with Crippen LogP contribution in [-0.2, 0) is 14.8 Å². The molecule has 1 atom stereocenters. The lowest BCUT2D eigenvalue weighted by atomic mass is 10.2. The number of hydrogen-bond acceptors (Lipinski definition) is 3. The SMILES string of the molecule is Cc1ccc(NC(=O)C2CC2(Cl)Cl)cc1S(=O)(=O)N1CCCCC1. The number of sulfonamides is 1. The molecule has 2 aliphatic rings. The van der Waals surface area contributed by atoms with E-state index in [0.717, 1.165) is 19.3 Å². The molecule has 1 aliphatic heterocycles. The first kappa shape index (κ1) is 18.0. The number of nitrogens with zero attached hydrogens (tertiary/aromatic N) is 1. The Kier molecular flexibility index (Phi) is 4.86. The van der Waals surface area contributed by atoms with E-state index in [1.165, 1.54) is 10.4 Å². The van der Waals surface area contributed by atoms with Crippen LogP contribution in [0.3, 0.4) is 0 Å². The molecule has 1 aromatic rings. The molecular weight excluding hydrogens is 371 g/mol. The number of aryl methyl sites for hydroxylation is 1. The number of halogens is 2. The lowest BCUT2D eigenvalue weighted by Crippen LogP contribution is -2.36. The van der Waals surface area contributed by atoms with E-state index < -0.39 is 20.3 Å². The third kappa shape index (κ3) is 3.57. The second kappa shape index (κ2) is 6.48. The molecule has 0 radical (unpaired) electrons. The van der Waals surface area contributed by atoms with Crippen LogP contribution in [0.15, 0.2) is 23.1 Å². The zero-order chi connectivity index (χ0) is 17.5. The molecule has 1 N–H and O–H groups in total. The topological polar surface area (TPSA) is 66.5 Å². The van der Waals surface area contributed by atoms with E-state index in [1.807, 2.05) is 0 Å². The van der Waals surface area contributed by atoms with Crippen LogP contribution in [0, 0.1) is 12.8 Å². The fourth-order valence-corrected chi connectivity index (χ4v) is 5.20. The number of amides is 1. The van der Waals surface area contributed by atoms with Crippen molar-refractivity contribution in [1.82, 2.24) is 4.31 Å². The van der Waals surface area contributed by atoms with Gasteiger partial charge in [-0.25, -0.2) is 8.42 Å². The molecule has 1 unspecified atom stereocenters. The van der Waals surface area contributed by atoms with E-state index in [1.54, 1.807) is 19.1 Å². The minimum absolute atomic E-state index is 0.237. The van der Waals surface area contributed by atoms with Gasteiger partial charge in [0.05, 0.1) is 10.8 Å². The van der Waals surface area contributed by atoms with Gasteiger partial charge < -0.3 is 5.32 Å². The zero-order valence-corrected chi connectivity index (χ0v) is 15.7. The first-order valence-corrected chi connectivity index (χ1v) is 10.2. The second-order valence-corrected chi connectivity index (χ2v) is 9.90. The lowest BCUT2D eigenvalue weighted by molar-refractivity contribution is -0.117. The minimum Gasteiger partial charge on any atom is -0.326 e. The summed E-state index contributed by atoms with van der Waals surface area (Å²) in [7, 11) is -3.55. The summed E-state index contributed by atoms with van der Waals surface area (Å²) in [4.78, 5) is 12.3. The summed E-state index contributed by atoms with van der Waals surface area (Å²) in [6, 6.07) is 4.91. The van der Waals surface area contributed by atoms with Crippen molar-refractivity contribution in [3.05, 3.63) is 23.8 Å². The van der Waals surface area contributed by atoms with Gasteiger partial charge in [-0.15, -0.1) is 23.2 Å². The predicted octanol–water partition coefficient (Wildman–Crippen LogP) is 3.30. The highest BCUT2D eigenvalue weighted by Gasteiger charge is 2.56. The summed E-state index contributed by atoms with van der Waals surface area (Å²) in [6.45, 7) is 2.84. The number of nitrogens with one attached hydrogen (secondary N) is 1. The van der Waals surface area contributed by atoms with Crippen LogP contribution in [0.1, 0.15) is 31.2 Å². The number of benzene rings is 1. The lowest BCUT2D eigenvalue weighted by Gasteiger charge is -2.26. The summed E-state index contributed by atoms with van der Waals surface area (Å²) >= 11 is 11.8. The summed E-state index contributed by atoms with van der Waals surface area (Å²) in [5.41, 5.74) is 1.10. The standard InChI is InChI=1S/C16H20Cl2N2O3S/c1-11-5-6-12(19-15(21)13-10-16(13,17)18)9-14(11)24(22,23)20-7-3-2-4-8-20/h5-6,9,13H,2-4,7-8,10H2,1H3,(H,19,21). The number of hydrogen-bond donors (Lipinski definition) is 1. The van der Waals surface area contributed by atoms with Gasteiger partial charge in [-0.05, 0) is 43.9 Å². The maximum absolute atomic E-state index is 12.9. The van der Waals surface area contributed by atoms with Crippen molar-refractivity contribution in [1.29, 1.82) is 0 Å². The van der Waals surface area contributed by atoms with E-state index in [-0.39, 0.29) is 10.8 Å². The largest absolute Gasteiger partial charge is 0.326 e. The van der Waals surface area contributed by atoms with E-state index in [4.69, 9.17) is 23.2 Å². The molecule has 1 saturated heterocycles. The fourth-order valence-electron chi connectivity index (χ4n) is 2.93. The first-order chi connectivity index (χ1) is 11.2. The van der Waals surface area contributed by atoms with Gasteiger partial charge in [0.25, 0.3) is 0 Å². The maximum Gasteiger partial charge on any atom is 0.243 e. The monoisotopic (exact) mass is 390 g/mol. The number of rotatable bonds is 4. The maximum atomic E-state index is 12.9. The van der Waals surface area contributed by atoms with Crippen LogP contribution >= 0.6 is 23.2 Å². The van der Waals surface area contributed by atoms with Crippen molar-refractivity contribution < 1.29 is 13.2 Å². The summed E-state index contributed by atoms with van der Waals surface area (Å²) in [5, 5.41) is 2.71. The molecule has 3 rings (SSSR count). The van der Waals surface area contributed by atoms with Gasteiger partial charge in [-0.1, -0.05) is 12.5 Å². The van der Waals surface area contributed by atoms with Crippen molar-refractivity contribution in [3.63, 3.8) is 0 Å². The highest BCUT2D eigenvalue weighted by Crippen LogP contribution is 2.53. The highest BCUT2D eigenvalue weighted by atomic mass is 35.5. The number of piperidine rings is 1. The molecule has 1 aliphatic carbocycles. The van der Waals surface area contributed by atoms with E-state index in [0.29, 0.717) is 30.8 Å². The zero-order valence-electron chi connectivity index (χ0n) is 13.4. The van der Waals surface area contributed by atoms with Crippen molar-refractivity contribution in [3.8, 4) is 0 Å². The van der Waals surface area contributed by atoms with Crippen LogP contribution in [0.5, 0.6) is 0 Å². The molecule has 132 valence electrons. The normalized spacial score (nSPS) is 23.7. The van der Waals surface area contributed by atoms with Gasteiger partial charge in [0.1, 0.15) is 4.33 Å². The van der Waals surface area contributed by atoms with Crippen LogP contribution < -0.4 is 5.32 Å². The average molecular weight is 391 g/mol. The van der Waals surface area contributed by atoms with Crippen LogP contribution in [0.2, 0.25) is 0 Å². The molecule has 0 spiro atoms.